The minimum Gasteiger partial charge on any atom is -0.438 e. The number of amides is 1. The van der Waals surface area contributed by atoms with Crippen molar-refractivity contribution in [2.24, 2.45) is 0 Å². The number of carbonyl (C=O) groups excluding carboxylic acids is 1. The largest absolute Gasteiger partial charge is 0.438 e. The molecular formula is C20H15N3O3S2. The van der Waals surface area contributed by atoms with Gasteiger partial charge in [0, 0.05) is 12.7 Å². The van der Waals surface area contributed by atoms with Gasteiger partial charge in [0.25, 0.3) is 11.5 Å². The Balaban J connectivity index is 1.88. The number of nitrogens with zero attached hydrogens (tertiary/aromatic N) is 3. The number of benzene rings is 1. The van der Waals surface area contributed by atoms with Gasteiger partial charge in [-0.3, -0.25) is 18.9 Å². The highest BCUT2D eigenvalue weighted by atomic mass is 32.2. The van der Waals surface area contributed by atoms with Gasteiger partial charge in [-0.15, -0.1) is 0 Å². The summed E-state index contributed by atoms with van der Waals surface area (Å²) in [7, 11) is 0. The molecule has 1 aromatic carbocycles. The Labute approximate surface area is 170 Å². The Bertz CT molecular complexity index is 1170. The molecule has 0 bridgehead atoms. The van der Waals surface area contributed by atoms with E-state index in [-0.39, 0.29) is 22.9 Å². The molecule has 3 heterocycles. The number of hydrogen-bond donors (Lipinski definition) is 0. The van der Waals surface area contributed by atoms with E-state index in [1.54, 1.807) is 36.5 Å². The molecule has 1 aliphatic rings. The first kappa shape index (κ1) is 18.4. The molecule has 0 saturated carbocycles. The monoisotopic (exact) mass is 409 g/mol. The Morgan fingerprint density at radius 2 is 1.89 bits per heavy atom. The summed E-state index contributed by atoms with van der Waals surface area (Å²) in [5.41, 5.74) is 0.333. The Morgan fingerprint density at radius 1 is 1.14 bits per heavy atom. The van der Waals surface area contributed by atoms with Gasteiger partial charge in [-0.1, -0.05) is 48.2 Å². The molecule has 1 fully saturated rings. The summed E-state index contributed by atoms with van der Waals surface area (Å²) in [6, 6.07) is 14.3. The quantitative estimate of drug-likeness (QED) is 0.484. The summed E-state index contributed by atoms with van der Waals surface area (Å²) in [6.45, 7) is 2.33. The van der Waals surface area contributed by atoms with Crippen LogP contribution in [0.3, 0.4) is 0 Å². The first-order chi connectivity index (χ1) is 13.6. The zero-order chi connectivity index (χ0) is 19.7. The number of rotatable bonds is 4. The third-order valence-corrected chi connectivity index (χ3v) is 5.53. The summed E-state index contributed by atoms with van der Waals surface area (Å²) in [4.78, 5) is 32.0. The van der Waals surface area contributed by atoms with Crippen molar-refractivity contribution in [3.05, 3.63) is 75.6 Å². The number of para-hydroxylation sites is 1. The van der Waals surface area contributed by atoms with E-state index in [0.29, 0.717) is 27.2 Å². The number of hydrogen-bond acceptors (Lipinski definition) is 6. The Hall–Kier alpha value is -2.97. The minimum absolute atomic E-state index is 0.143. The van der Waals surface area contributed by atoms with Crippen molar-refractivity contribution < 1.29 is 9.53 Å². The van der Waals surface area contributed by atoms with Crippen molar-refractivity contribution in [2.75, 3.05) is 6.54 Å². The van der Waals surface area contributed by atoms with Crippen molar-refractivity contribution >= 4 is 45.9 Å². The van der Waals surface area contributed by atoms with Gasteiger partial charge in [0.05, 0.1) is 4.91 Å². The van der Waals surface area contributed by atoms with E-state index >= 15 is 0 Å². The van der Waals surface area contributed by atoms with Crippen LogP contribution >= 0.6 is 24.0 Å². The van der Waals surface area contributed by atoms with Crippen LogP contribution in [0, 0.1) is 0 Å². The molecule has 0 atom stereocenters. The fourth-order valence-corrected chi connectivity index (χ4v) is 4.15. The maximum atomic E-state index is 13.1. The van der Waals surface area contributed by atoms with Crippen molar-refractivity contribution in [1.29, 1.82) is 0 Å². The van der Waals surface area contributed by atoms with Crippen molar-refractivity contribution in [1.82, 2.24) is 14.3 Å². The standard InChI is InChI=1S/C20H15N3O3S2/c1-2-22-19(25)15(28-20(22)27)12-14-17(26-13-8-4-3-5-9-13)21-16-10-6-7-11-23(16)18(14)24/h3-12H,2H2,1H3. The number of pyridine rings is 1. The molecular weight excluding hydrogens is 394 g/mol. The maximum Gasteiger partial charge on any atom is 0.269 e. The first-order valence-electron chi connectivity index (χ1n) is 8.58. The van der Waals surface area contributed by atoms with Crippen LogP contribution in [-0.4, -0.2) is 31.1 Å². The van der Waals surface area contributed by atoms with Crippen molar-refractivity contribution in [3.63, 3.8) is 0 Å². The minimum atomic E-state index is -0.321. The molecule has 3 aromatic rings. The first-order valence-corrected chi connectivity index (χ1v) is 9.80. The van der Waals surface area contributed by atoms with Crippen LogP contribution in [0.1, 0.15) is 12.5 Å². The summed E-state index contributed by atoms with van der Waals surface area (Å²) in [5, 5.41) is 0. The molecule has 28 heavy (non-hydrogen) atoms. The Morgan fingerprint density at radius 3 is 2.61 bits per heavy atom. The van der Waals surface area contributed by atoms with E-state index in [9.17, 15) is 9.59 Å². The van der Waals surface area contributed by atoms with Gasteiger partial charge in [-0.05, 0) is 37.3 Å². The van der Waals surface area contributed by atoms with Crippen molar-refractivity contribution in [3.8, 4) is 11.6 Å². The fraction of sp³-hybridized carbons (Fsp3) is 0.100. The molecule has 0 N–H and O–H groups in total. The number of ether oxygens (including phenoxy) is 1. The van der Waals surface area contributed by atoms with E-state index in [1.807, 2.05) is 25.1 Å². The highest BCUT2D eigenvalue weighted by Gasteiger charge is 2.31. The van der Waals surface area contributed by atoms with Crippen LogP contribution in [0.4, 0.5) is 0 Å². The van der Waals surface area contributed by atoms with E-state index in [4.69, 9.17) is 17.0 Å². The normalized spacial score (nSPS) is 15.6. The molecule has 6 nitrogen and oxygen atoms in total. The highest BCUT2D eigenvalue weighted by Crippen LogP contribution is 2.33. The molecule has 0 spiro atoms. The number of carbonyl (C=O) groups is 1. The lowest BCUT2D eigenvalue weighted by Gasteiger charge is -2.11. The summed E-state index contributed by atoms with van der Waals surface area (Å²) in [6.07, 6.45) is 3.15. The van der Waals surface area contributed by atoms with E-state index < -0.39 is 0 Å². The number of thioether (sulfide) groups is 1. The second kappa shape index (κ2) is 7.57. The zero-order valence-corrected chi connectivity index (χ0v) is 16.5. The van der Waals surface area contributed by atoms with Crippen LogP contribution in [0.5, 0.6) is 11.6 Å². The molecule has 2 aromatic heterocycles. The molecule has 0 unspecified atom stereocenters. The lowest BCUT2D eigenvalue weighted by Crippen LogP contribution is -2.27. The van der Waals surface area contributed by atoms with Crippen LogP contribution in [0.2, 0.25) is 0 Å². The average Bonchev–Trinajstić information content (AvgIpc) is 2.98. The molecule has 1 amide bonds. The molecule has 0 radical (unpaired) electrons. The number of thiocarbonyl (C=S) groups is 1. The number of aromatic nitrogens is 2. The van der Waals surface area contributed by atoms with E-state index in [0.717, 1.165) is 0 Å². The smallest absolute Gasteiger partial charge is 0.269 e. The lowest BCUT2D eigenvalue weighted by atomic mass is 10.2. The molecule has 4 rings (SSSR count). The SMILES string of the molecule is CCN1C(=O)C(=Cc2c(Oc3ccccc3)nc3ccccn3c2=O)SC1=S. The zero-order valence-electron chi connectivity index (χ0n) is 14.9. The summed E-state index contributed by atoms with van der Waals surface area (Å²) >= 11 is 6.42. The third kappa shape index (κ3) is 3.32. The van der Waals surface area contributed by atoms with Gasteiger partial charge in [-0.25, -0.2) is 0 Å². The van der Waals surface area contributed by atoms with Crippen LogP contribution < -0.4 is 10.3 Å². The maximum absolute atomic E-state index is 13.1. The predicted molar refractivity (Wildman–Crippen MR) is 114 cm³/mol. The number of likely N-dealkylation sites (N-methyl/N-ethyl adjacent to an activating group) is 1. The Kier molecular flexibility index (Phi) is 4.97. The van der Waals surface area contributed by atoms with E-state index in [1.165, 1.54) is 27.1 Å². The van der Waals surface area contributed by atoms with Gasteiger partial charge in [0.1, 0.15) is 21.3 Å². The van der Waals surface area contributed by atoms with Crippen molar-refractivity contribution in [2.45, 2.75) is 6.92 Å². The molecule has 0 aliphatic carbocycles. The van der Waals surface area contributed by atoms with E-state index in [2.05, 4.69) is 4.98 Å². The summed E-state index contributed by atoms with van der Waals surface area (Å²) in [5.74, 6) is 0.468. The van der Waals surface area contributed by atoms with Gasteiger partial charge >= 0.3 is 0 Å². The van der Waals surface area contributed by atoms with Gasteiger partial charge in [-0.2, -0.15) is 4.98 Å². The molecule has 8 heteroatoms. The van der Waals surface area contributed by atoms with Crippen LogP contribution in [0.15, 0.2) is 64.4 Å². The lowest BCUT2D eigenvalue weighted by molar-refractivity contribution is -0.121. The third-order valence-electron chi connectivity index (χ3n) is 4.16. The average molecular weight is 409 g/mol. The number of fused-ring (bicyclic) bond motifs is 1. The second-order valence-electron chi connectivity index (χ2n) is 5.91. The summed E-state index contributed by atoms with van der Waals surface area (Å²) < 4.78 is 7.78. The van der Waals surface area contributed by atoms with Gasteiger partial charge in [0.2, 0.25) is 5.88 Å². The van der Waals surface area contributed by atoms with Gasteiger partial charge < -0.3 is 4.74 Å². The molecule has 140 valence electrons. The second-order valence-corrected chi connectivity index (χ2v) is 7.58. The van der Waals surface area contributed by atoms with Gasteiger partial charge in [0.15, 0.2) is 0 Å². The highest BCUT2D eigenvalue weighted by molar-refractivity contribution is 8.26. The fourth-order valence-electron chi connectivity index (χ4n) is 2.79. The molecule has 1 aliphatic heterocycles. The van der Waals surface area contributed by atoms with Crippen LogP contribution in [0.25, 0.3) is 11.7 Å². The molecule has 1 saturated heterocycles. The topological polar surface area (TPSA) is 63.9 Å². The predicted octanol–water partition coefficient (Wildman–Crippen LogP) is 3.71. The van der Waals surface area contributed by atoms with Crippen LogP contribution in [-0.2, 0) is 4.79 Å².